The maximum atomic E-state index is 12.8. The molecule has 3 aromatic rings. The summed E-state index contributed by atoms with van der Waals surface area (Å²) in [6.45, 7) is 0.605. The van der Waals surface area contributed by atoms with Crippen LogP contribution in [0, 0.1) is 0 Å². The molecular formula is C22H20N4O2S. The van der Waals surface area contributed by atoms with Gasteiger partial charge < -0.3 is 10.2 Å². The number of anilines is 1. The highest BCUT2D eigenvalue weighted by atomic mass is 32.1. The number of carbonyl (C=O) groups excluding carboxylic acids is 2. The first-order chi connectivity index (χ1) is 14.2. The molecule has 1 unspecified atom stereocenters. The number of benzene rings is 2. The van der Waals surface area contributed by atoms with E-state index in [9.17, 15) is 9.59 Å². The van der Waals surface area contributed by atoms with Crippen LogP contribution in [0.3, 0.4) is 0 Å². The molecule has 1 atom stereocenters. The van der Waals surface area contributed by atoms with Crippen LogP contribution in [0.5, 0.6) is 0 Å². The van der Waals surface area contributed by atoms with Gasteiger partial charge in [0, 0.05) is 12.2 Å². The summed E-state index contributed by atoms with van der Waals surface area (Å²) < 4.78 is 0. The van der Waals surface area contributed by atoms with Gasteiger partial charge in [0.15, 0.2) is 0 Å². The number of nitrogens with zero attached hydrogens (tertiary/aromatic N) is 3. The maximum Gasteiger partial charge on any atom is 0.264 e. The van der Waals surface area contributed by atoms with Crippen molar-refractivity contribution < 1.29 is 9.59 Å². The quantitative estimate of drug-likeness (QED) is 0.578. The molecule has 1 aliphatic heterocycles. The fraction of sp³-hybridized carbons (Fsp3) is 0.182. The summed E-state index contributed by atoms with van der Waals surface area (Å²) in [6.07, 6.45) is 1.50. The Balaban J connectivity index is 1.39. The van der Waals surface area contributed by atoms with Crippen LogP contribution in [0.25, 0.3) is 0 Å². The third-order valence-electron chi connectivity index (χ3n) is 4.72. The van der Waals surface area contributed by atoms with E-state index < -0.39 is 6.04 Å². The summed E-state index contributed by atoms with van der Waals surface area (Å²) in [5, 5.41) is 13.2. The van der Waals surface area contributed by atoms with Gasteiger partial charge in [0.05, 0.1) is 16.3 Å². The van der Waals surface area contributed by atoms with Crippen LogP contribution < -0.4 is 5.32 Å². The molecule has 1 aliphatic rings. The molecule has 1 saturated heterocycles. The first-order valence-corrected chi connectivity index (χ1v) is 10.3. The average Bonchev–Trinajstić information content (AvgIpc) is 3.46. The van der Waals surface area contributed by atoms with Crippen LogP contribution in [0.4, 0.5) is 17.1 Å². The zero-order valence-corrected chi connectivity index (χ0v) is 16.5. The van der Waals surface area contributed by atoms with Gasteiger partial charge in [-0.25, -0.2) is 0 Å². The Morgan fingerprint density at radius 1 is 0.931 bits per heavy atom. The highest BCUT2D eigenvalue weighted by Gasteiger charge is 2.34. The van der Waals surface area contributed by atoms with E-state index in [0.717, 1.165) is 12.1 Å². The van der Waals surface area contributed by atoms with Crippen molar-refractivity contribution in [3.05, 3.63) is 77.0 Å². The topological polar surface area (TPSA) is 74.1 Å². The number of hydrogen-bond acceptors (Lipinski definition) is 5. The minimum atomic E-state index is -0.443. The fourth-order valence-corrected chi connectivity index (χ4v) is 3.95. The minimum Gasteiger partial charge on any atom is -0.326 e. The van der Waals surface area contributed by atoms with Gasteiger partial charge >= 0.3 is 0 Å². The van der Waals surface area contributed by atoms with E-state index >= 15 is 0 Å². The SMILES string of the molecule is O=C(Nc1ccc(N=Nc2ccccc2)cc1)C1CCCN1C(=O)c1cccs1. The number of azo groups is 1. The highest BCUT2D eigenvalue weighted by Crippen LogP contribution is 2.24. The van der Waals surface area contributed by atoms with Gasteiger partial charge in [0.1, 0.15) is 6.04 Å². The van der Waals surface area contributed by atoms with Gasteiger partial charge in [-0.3, -0.25) is 9.59 Å². The van der Waals surface area contributed by atoms with Crippen molar-refractivity contribution in [2.24, 2.45) is 10.2 Å². The molecule has 0 spiro atoms. The van der Waals surface area contributed by atoms with E-state index in [-0.39, 0.29) is 11.8 Å². The molecular weight excluding hydrogens is 384 g/mol. The van der Waals surface area contributed by atoms with E-state index in [1.807, 2.05) is 41.8 Å². The summed E-state index contributed by atoms with van der Waals surface area (Å²) >= 11 is 1.40. The van der Waals surface area contributed by atoms with E-state index in [2.05, 4.69) is 15.5 Å². The smallest absolute Gasteiger partial charge is 0.264 e. The van der Waals surface area contributed by atoms with Crippen molar-refractivity contribution in [1.82, 2.24) is 4.90 Å². The largest absolute Gasteiger partial charge is 0.326 e. The minimum absolute atomic E-state index is 0.0747. The molecule has 1 fully saturated rings. The van der Waals surface area contributed by atoms with E-state index in [4.69, 9.17) is 0 Å². The van der Waals surface area contributed by atoms with E-state index in [0.29, 0.717) is 29.2 Å². The van der Waals surface area contributed by atoms with Crippen molar-refractivity contribution >= 4 is 40.2 Å². The number of amides is 2. The Labute approximate surface area is 172 Å². The number of nitrogens with one attached hydrogen (secondary N) is 1. The second kappa shape index (κ2) is 8.79. The summed E-state index contributed by atoms with van der Waals surface area (Å²) in [4.78, 5) is 27.7. The summed E-state index contributed by atoms with van der Waals surface area (Å²) in [7, 11) is 0. The molecule has 6 nitrogen and oxygen atoms in total. The summed E-state index contributed by atoms with van der Waals surface area (Å²) in [5.41, 5.74) is 2.15. The van der Waals surface area contributed by atoms with Gasteiger partial charge in [-0.2, -0.15) is 10.2 Å². The third-order valence-corrected chi connectivity index (χ3v) is 5.58. The summed E-state index contributed by atoms with van der Waals surface area (Å²) in [6, 6.07) is 19.9. The lowest BCUT2D eigenvalue weighted by atomic mass is 10.2. The number of hydrogen-bond donors (Lipinski definition) is 1. The maximum absolute atomic E-state index is 12.8. The molecule has 0 bridgehead atoms. The van der Waals surface area contributed by atoms with Gasteiger partial charge in [-0.15, -0.1) is 11.3 Å². The molecule has 0 aliphatic carbocycles. The van der Waals surface area contributed by atoms with E-state index in [1.54, 1.807) is 35.2 Å². The molecule has 146 valence electrons. The second-order valence-electron chi connectivity index (χ2n) is 6.71. The average molecular weight is 404 g/mol. The molecule has 7 heteroatoms. The Morgan fingerprint density at radius 3 is 2.34 bits per heavy atom. The van der Waals surface area contributed by atoms with Crippen LogP contribution in [-0.2, 0) is 4.79 Å². The standard InChI is InChI=1S/C22H20N4O2S/c27-21(19-8-4-14-26(19)22(28)20-9-5-15-29-20)23-16-10-12-18(13-11-16)25-24-17-6-2-1-3-7-17/h1-3,5-7,9-13,15,19H,4,8,14H2,(H,23,27). The number of thiophene rings is 1. The molecule has 0 saturated carbocycles. The molecule has 0 radical (unpaired) electrons. The molecule has 2 amide bonds. The fourth-order valence-electron chi connectivity index (χ4n) is 3.27. The Hall–Kier alpha value is -3.32. The Morgan fingerprint density at radius 2 is 1.66 bits per heavy atom. The van der Waals surface area contributed by atoms with Crippen LogP contribution >= 0.6 is 11.3 Å². The molecule has 2 heterocycles. The van der Waals surface area contributed by atoms with Crippen molar-refractivity contribution in [1.29, 1.82) is 0 Å². The zero-order valence-electron chi connectivity index (χ0n) is 15.7. The van der Waals surface area contributed by atoms with Crippen LogP contribution in [0.1, 0.15) is 22.5 Å². The number of likely N-dealkylation sites (tertiary alicyclic amines) is 1. The highest BCUT2D eigenvalue weighted by molar-refractivity contribution is 7.12. The molecule has 4 rings (SSSR count). The number of carbonyl (C=O) groups is 2. The first kappa shape index (κ1) is 19.0. The predicted molar refractivity (Wildman–Crippen MR) is 114 cm³/mol. The third kappa shape index (κ3) is 4.57. The van der Waals surface area contributed by atoms with Gasteiger partial charge in [-0.05, 0) is 60.7 Å². The molecule has 2 aromatic carbocycles. The Kier molecular flexibility index (Phi) is 5.76. The Bertz CT molecular complexity index is 1000. The lowest BCUT2D eigenvalue weighted by molar-refractivity contribution is -0.119. The van der Waals surface area contributed by atoms with Crippen LogP contribution in [-0.4, -0.2) is 29.3 Å². The first-order valence-electron chi connectivity index (χ1n) is 9.43. The van der Waals surface area contributed by atoms with Crippen molar-refractivity contribution in [3.63, 3.8) is 0 Å². The molecule has 1 aromatic heterocycles. The predicted octanol–water partition coefficient (Wildman–Crippen LogP) is 5.41. The molecule has 29 heavy (non-hydrogen) atoms. The monoisotopic (exact) mass is 404 g/mol. The van der Waals surface area contributed by atoms with Crippen molar-refractivity contribution in [2.45, 2.75) is 18.9 Å². The number of rotatable bonds is 5. The second-order valence-corrected chi connectivity index (χ2v) is 7.65. The van der Waals surface area contributed by atoms with Crippen LogP contribution in [0.15, 0.2) is 82.3 Å². The molecule has 1 N–H and O–H groups in total. The lowest BCUT2D eigenvalue weighted by Gasteiger charge is -2.23. The van der Waals surface area contributed by atoms with Gasteiger partial charge in [0.25, 0.3) is 5.91 Å². The van der Waals surface area contributed by atoms with Gasteiger partial charge in [-0.1, -0.05) is 24.3 Å². The zero-order chi connectivity index (χ0) is 20.1. The van der Waals surface area contributed by atoms with Crippen LogP contribution in [0.2, 0.25) is 0 Å². The van der Waals surface area contributed by atoms with Crippen molar-refractivity contribution in [2.75, 3.05) is 11.9 Å². The summed E-state index contributed by atoms with van der Waals surface area (Å²) in [5.74, 6) is -0.236. The lowest BCUT2D eigenvalue weighted by Crippen LogP contribution is -2.42. The normalized spacial score (nSPS) is 16.3. The van der Waals surface area contributed by atoms with E-state index in [1.165, 1.54) is 11.3 Å². The van der Waals surface area contributed by atoms with Crippen molar-refractivity contribution in [3.8, 4) is 0 Å². The van der Waals surface area contributed by atoms with Gasteiger partial charge in [0.2, 0.25) is 5.91 Å².